The van der Waals surface area contributed by atoms with Gasteiger partial charge < -0.3 is 15.0 Å². The van der Waals surface area contributed by atoms with E-state index in [2.05, 4.69) is 74.2 Å². The number of pyridine rings is 1. The fourth-order valence-corrected chi connectivity index (χ4v) is 3.57. The van der Waals surface area contributed by atoms with E-state index in [0.717, 1.165) is 34.7 Å². The van der Waals surface area contributed by atoms with E-state index in [1.807, 2.05) is 24.4 Å². The molecule has 2 heterocycles. The van der Waals surface area contributed by atoms with Crippen molar-refractivity contribution in [1.29, 1.82) is 0 Å². The molecule has 3 aromatic rings. The van der Waals surface area contributed by atoms with Crippen LogP contribution in [0.2, 0.25) is 0 Å². The second kappa shape index (κ2) is 8.36. The highest BCUT2D eigenvalue weighted by Crippen LogP contribution is 2.22. The summed E-state index contributed by atoms with van der Waals surface area (Å²) in [5.74, 6) is 0.785. The molecule has 1 unspecified atom stereocenters. The standard InChI is InChI=1S/C20H24BrN5/c1-14-7-6-12-26-13-16(25-19(14)26)10-11-23-20(22-3)24-15(2)17-8-4-5-9-18(17)21/h4-9,12-13,15H,10-11H2,1-3H3,(H2,22,23,24). The van der Waals surface area contributed by atoms with Gasteiger partial charge in [0, 0.05) is 36.9 Å². The lowest BCUT2D eigenvalue weighted by molar-refractivity contribution is 0.680. The Kier molecular flexibility index (Phi) is 5.93. The molecule has 2 N–H and O–H groups in total. The Morgan fingerprint density at radius 3 is 2.81 bits per heavy atom. The molecule has 2 aromatic heterocycles. The van der Waals surface area contributed by atoms with Crippen LogP contribution in [0, 0.1) is 6.92 Å². The lowest BCUT2D eigenvalue weighted by atomic mass is 10.1. The average Bonchev–Trinajstić information content (AvgIpc) is 3.05. The van der Waals surface area contributed by atoms with Gasteiger partial charge in [0.1, 0.15) is 5.65 Å². The molecule has 26 heavy (non-hydrogen) atoms. The lowest BCUT2D eigenvalue weighted by Gasteiger charge is -2.19. The number of benzene rings is 1. The molecule has 1 atom stereocenters. The topological polar surface area (TPSA) is 53.7 Å². The number of hydrogen-bond acceptors (Lipinski definition) is 2. The molecule has 136 valence electrons. The summed E-state index contributed by atoms with van der Waals surface area (Å²) in [6.45, 7) is 4.97. The normalized spacial score (nSPS) is 13.0. The summed E-state index contributed by atoms with van der Waals surface area (Å²) in [6, 6.07) is 12.5. The van der Waals surface area contributed by atoms with E-state index in [1.165, 1.54) is 11.1 Å². The van der Waals surface area contributed by atoms with E-state index >= 15 is 0 Å². The van der Waals surface area contributed by atoms with Crippen molar-refractivity contribution in [2.24, 2.45) is 4.99 Å². The number of rotatable bonds is 5. The maximum Gasteiger partial charge on any atom is 0.191 e. The number of aromatic nitrogens is 2. The predicted octanol–water partition coefficient (Wildman–Crippen LogP) is 3.87. The Bertz CT molecular complexity index is 915. The maximum atomic E-state index is 4.71. The highest BCUT2D eigenvalue weighted by molar-refractivity contribution is 9.10. The van der Waals surface area contributed by atoms with E-state index in [1.54, 1.807) is 7.05 Å². The molecule has 6 heteroatoms. The molecule has 0 saturated heterocycles. The molecule has 0 aliphatic carbocycles. The van der Waals surface area contributed by atoms with Crippen LogP contribution in [0.1, 0.15) is 29.8 Å². The van der Waals surface area contributed by atoms with Gasteiger partial charge in [0.05, 0.1) is 11.7 Å². The second-order valence-electron chi connectivity index (χ2n) is 6.29. The highest BCUT2D eigenvalue weighted by atomic mass is 79.9. The molecule has 5 nitrogen and oxygen atoms in total. The van der Waals surface area contributed by atoms with Gasteiger partial charge in [0.25, 0.3) is 0 Å². The van der Waals surface area contributed by atoms with Crippen molar-refractivity contribution in [2.75, 3.05) is 13.6 Å². The first-order chi connectivity index (χ1) is 12.6. The third kappa shape index (κ3) is 4.25. The van der Waals surface area contributed by atoms with Gasteiger partial charge in [0.2, 0.25) is 0 Å². The fraction of sp³-hybridized carbons (Fsp3) is 0.300. The van der Waals surface area contributed by atoms with Gasteiger partial charge in [-0.15, -0.1) is 0 Å². The third-order valence-corrected chi connectivity index (χ3v) is 5.07. The Labute approximate surface area is 162 Å². The monoisotopic (exact) mass is 413 g/mol. The molecule has 0 aliphatic rings. The van der Waals surface area contributed by atoms with Gasteiger partial charge in [-0.05, 0) is 37.1 Å². The van der Waals surface area contributed by atoms with Crippen molar-refractivity contribution in [3.8, 4) is 0 Å². The number of nitrogens with one attached hydrogen (secondary N) is 2. The van der Waals surface area contributed by atoms with E-state index in [-0.39, 0.29) is 6.04 Å². The fourth-order valence-electron chi connectivity index (χ4n) is 2.94. The summed E-state index contributed by atoms with van der Waals surface area (Å²) in [6.07, 6.45) is 4.96. The number of halogens is 1. The zero-order valence-electron chi connectivity index (χ0n) is 15.3. The largest absolute Gasteiger partial charge is 0.356 e. The highest BCUT2D eigenvalue weighted by Gasteiger charge is 2.10. The van der Waals surface area contributed by atoms with Crippen molar-refractivity contribution in [1.82, 2.24) is 20.0 Å². The minimum absolute atomic E-state index is 0.148. The van der Waals surface area contributed by atoms with E-state index in [0.29, 0.717) is 0 Å². The molecule has 0 bridgehead atoms. The number of imidazole rings is 1. The van der Waals surface area contributed by atoms with Gasteiger partial charge in [-0.25, -0.2) is 4.98 Å². The van der Waals surface area contributed by atoms with E-state index < -0.39 is 0 Å². The van der Waals surface area contributed by atoms with Crippen molar-refractivity contribution in [2.45, 2.75) is 26.3 Å². The van der Waals surface area contributed by atoms with Crippen LogP contribution in [0.15, 0.2) is 58.3 Å². The van der Waals surface area contributed by atoms with Crippen LogP contribution in [-0.2, 0) is 6.42 Å². The smallest absolute Gasteiger partial charge is 0.191 e. The van der Waals surface area contributed by atoms with Crippen LogP contribution in [0.4, 0.5) is 0 Å². The zero-order valence-corrected chi connectivity index (χ0v) is 16.9. The van der Waals surface area contributed by atoms with Crippen LogP contribution in [0.25, 0.3) is 5.65 Å². The molecule has 1 aromatic carbocycles. The molecular weight excluding hydrogens is 390 g/mol. The lowest BCUT2D eigenvalue weighted by Crippen LogP contribution is -2.39. The third-order valence-electron chi connectivity index (χ3n) is 4.35. The van der Waals surface area contributed by atoms with Crippen molar-refractivity contribution in [3.05, 3.63) is 70.1 Å². The Balaban J connectivity index is 1.57. The Hall–Kier alpha value is -2.34. The summed E-state index contributed by atoms with van der Waals surface area (Å²) >= 11 is 3.60. The van der Waals surface area contributed by atoms with Gasteiger partial charge in [-0.1, -0.05) is 40.2 Å². The molecule has 0 aliphatic heterocycles. The zero-order chi connectivity index (χ0) is 18.5. The van der Waals surface area contributed by atoms with E-state index in [4.69, 9.17) is 4.98 Å². The molecular formula is C20H24BrN5. The molecule has 0 amide bonds. The minimum atomic E-state index is 0.148. The Morgan fingerprint density at radius 1 is 1.27 bits per heavy atom. The van der Waals surface area contributed by atoms with Crippen LogP contribution in [0.3, 0.4) is 0 Å². The summed E-state index contributed by atoms with van der Waals surface area (Å²) in [7, 11) is 1.79. The first kappa shape index (κ1) is 18.5. The summed E-state index contributed by atoms with van der Waals surface area (Å²) in [4.78, 5) is 9.04. The van der Waals surface area contributed by atoms with Crippen molar-refractivity contribution in [3.63, 3.8) is 0 Å². The molecule has 0 saturated carbocycles. The van der Waals surface area contributed by atoms with Gasteiger partial charge in [0.15, 0.2) is 5.96 Å². The first-order valence-electron chi connectivity index (χ1n) is 8.73. The molecule has 3 rings (SSSR count). The van der Waals surface area contributed by atoms with Crippen LogP contribution in [0.5, 0.6) is 0 Å². The summed E-state index contributed by atoms with van der Waals surface area (Å²) in [5, 5.41) is 6.80. The first-order valence-corrected chi connectivity index (χ1v) is 9.52. The van der Waals surface area contributed by atoms with Crippen LogP contribution in [-0.4, -0.2) is 28.9 Å². The summed E-state index contributed by atoms with van der Waals surface area (Å²) in [5.41, 5.74) is 4.48. The second-order valence-corrected chi connectivity index (χ2v) is 7.15. The number of nitrogens with zero attached hydrogens (tertiary/aromatic N) is 3. The molecule has 0 spiro atoms. The minimum Gasteiger partial charge on any atom is -0.356 e. The van der Waals surface area contributed by atoms with Crippen LogP contribution >= 0.6 is 15.9 Å². The predicted molar refractivity (Wildman–Crippen MR) is 111 cm³/mol. The number of hydrogen-bond donors (Lipinski definition) is 2. The van der Waals surface area contributed by atoms with Crippen molar-refractivity contribution < 1.29 is 0 Å². The van der Waals surface area contributed by atoms with E-state index in [9.17, 15) is 0 Å². The summed E-state index contributed by atoms with van der Waals surface area (Å²) < 4.78 is 3.17. The van der Waals surface area contributed by atoms with Gasteiger partial charge >= 0.3 is 0 Å². The molecule has 0 fully saturated rings. The van der Waals surface area contributed by atoms with Gasteiger partial charge in [-0.3, -0.25) is 4.99 Å². The van der Waals surface area contributed by atoms with Crippen LogP contribution < -0.4 is 10.6 Å². The number of guanidine groups is 1. The number of aryl methyl sites for hydroxylation is 1. The quantitative estimate of drug-likeness (QED) is 0.492. The van der Waals surface area contributed by atoms with Gasteiger partial charge in [-0.2, -0.15) is 0 Å². The Morgan fingerprint density at radius 2 is 2.08 bits per heavy atom. The number of aliphatic imine (C=N–C) groups is 1. The average molecular weight is 414 g/mol. The SMILES string of the molecule is CN=C(NCCc1cn2cccc(C)c2n1)NC(C)c1ccccc1Br. The maximum absolute atomic E-state index is 4.71. The van der Waals surface area contributed by atoms with Crippen molar-refractivity contribution >= 4 is 27.5 Å². The molecule has 0 radical (unpaired) electrons. The number of fused-ring (bicyclic) bond motifs is 1.